The first-order valence-corrected chi connectivity index (χ1v) is 8.52. The molecule has 0 aliphatic carbocycles. The first kappa shape index (κ1) is 14.2. The molecule has 1 atom stereocenters. The highest BCUT2D eigenvalue weighted by molar-refractivity contribution is 7.91. The summed E-state index contributed by atoms with van der Waals surface area (Å²) in [6, 6.07) is 6.96. The topological polar surface area (TPSA) is 85.2 Å². The number of rotatable bonds is 3. The van der Waals surface area contributed by atoms with E-state index in [1.807, 2.05) is 4.90 Å². The Morgan fingerprint density at radius 3 is 2.86 bits per heavy atom. The first-order valence-electron chi connectivity index (χ1n) is 6.69. The largest absolute Gasteiger partial charge is 0.283 e. The van der Waals surface area contributed by atoms with Gasteiger partial charge in [0.05, 0.1) is 23.6 Å². The van der Waals surface area contributed by atoms with Crippen LogP contribution in [0.3, 0.4) is 0 Å². The van der Waals surface area contributed by atoms with Crippen molar-refractivity contribution < 1.29 is 8.42 Å². The SMILES string of the molecule is CN(Cn1nnc2ccccc2c1=O)[C@H]1CCS(=O)(=O)C1. The highest BCUT2D eigenvalue weighted by Gasteiger charge is 2.30. The maximum absolute atomic E-state index is 12.3. The molecule has 0 unspecified atom stereocenters. The third-order valence-corrected chi connectivity index (χ3v) is 5.57. The molecule has 1 fully saturated rings. The molecule has 1 aliphatic heterocycles. The Balaban J connectivity index is 1.85. The van der Waals surface area contributed by atoms with Crippen molar-refractivity contribution in [3.8, 4) is 0 Å². The third kappa shape index (κ3) is 2.81. The van der Waals surface area contributed by atoms with Crippen LogP contribution in [0.25, 0.3) is 10.9 Å². The van der Waals surface area contributed by atoms with Gasteiger partial charge in [-0.15, -0.1) is 5.10 Å². The summed E-state index contributed by atoms with van der Waals surface area (Å²) in [5, 5.41) is 8.45. The second-order valence-corrected chi connectivity index (χ2v) is 7.60. The zero-order valence-corrected chi connectivity index (χ0v) is 12.5. The normalized spacial score (nSPS) is 21.1. The Hall–Kier alpha value is -1.80. The molecular formula is C13H16N4O3S. The lowest BCUT2D eigenvalue weighted by molar-refractivity contribution is 0.191. The van der Waals surface area contributed by atoms with Gasteiger partial charge in [-0.3, -0.25) is 9.69 Å². The molecule has 7 nitrogen and oxygen atoms in total. The number of fused-ring (bicyclic) bond motifs is 1. The number of hydrogen-bond donors (Lipinski definition) is 0. The van der Waals surface area contributed by atoms with Gasteiger partial charge in [-0.1, -0.05) is 17.3 Å². The number of nitrogens with zero attached hydrogens (tertiary/aromatic N) is 4. The van der Waals surface area contributed by atoms with E-state index in [2.05, 4.69) is 10.3 Å². The van der Waals surface area contributed by atoms with Crippen LogP contribution in [-0.4, -0.2) is 52.9 Å². The molecular weight excluding hydrogens is 292 g/mol. The molecule has 1 saturated heterocycles. The van der Waals surface area contributed by atoms with E-state index in [1.54, 1.807) is 31.3 Å². The molecule has 1 aromatic heterocycles. The number of benzene rings is 1. The van der Waals surface area contributed by atoms with Gasteiger partial charge < -0.3 is 0 Å². The molecule has 0 saturated carbocycles. The van der Waals surface area contributed by atoms with Crippen molar-refractivity contribution in [2.24, 2.45) is 0 Å². The van der Waals surface area contributed by atoms with Gasteiger partial charge in [-0.2, -0.15) is 4.68 Å². The van der Waals surface area contributed by atoms with Crippen LogP contribution in [0.1, 0.15) is 6.42 Å². The molecule has 0 radical (unpaired) electrons. The summed E-state index contributed by atoms with van der Waals surface area (Å²) in [6.07, 6.45) is 0.592. The standard InChI is InChI=1S/C13H16N4O3S/c1-16(10-6-7-21(19,20)8-10)9-17-13(18)11-4-2-3-5-12(11)14-15-17/h2-5,10H,6-9H2,1H3/t10-/m0/s1. The number of hydrogen-bond acceptors (Lipinski definition) is 6. The van der Waals surface area contributed by atoms with Crippen LogP contribution >= 0.6 is 0 Å². The number of sulfone groups is 1. The van der Waals surface area contributed by atoms with Gasteiger partial charge in [-0.25, -0.2) is 8.42 Å². The minimum atomic E-state index is -2.94. The second kappa shape index (κ2) is 5.19. The van der Waals surface area contributed by atoms with Gasteiger partial charge in [0, 0.05) is 6.04 Å². The Bertz CT molecular complexity index is 831. The minimum Gasteiger partial charge on any atom is -0.283 e. The van der Waals surface area contributed by atoms with Crippen LogP contribution < -0.4 is 5.56 Å². The molecule has 0 N–H and O–H groups in total. The molecule has 2 heterocycles. The molecule has 0 bridgehead atoms. The van der Waals surface area contributed by atoms with Gasteiger partial charge in [0.2, 0.25) is 0 Å². The highest BCUT2D eigenvalue weighted by atomic mass is 32.2. The molecule has 2 aromatic rings. The van der Waals surface area contributed by atoms with Crippen LogP contribution in [0.5, 0.6) is 0 Å². The molecule has 1 aliphatic rings. The fourth-order valence-electron chi connectivity index (χ4n) is 2.57. The summed E-state index contributed by atoms with van der Waals surface area (Å²) < 4.78 is 24.3. The minimum absolute atomic E-state index is 0.0739. The highest BCUT2D eigenvalue weighted by Crippen LogP contribution is 2.16. The van der Waals surface area contributed by atoms with Crippen molar-refractivity contribution in [2.75, 3.05) is 18.6 Å². The molecule has 0 amide bonds. The van der Waals surface area contributed by atoms with Gasteiger partial charge in [0.1, 0.15) is 5.52 Å². The predicted molar refractivity (Wildman–Crippen MR) is 78.6 cm³/mol. The monoisotopic (exact) mass is 308 g/mol. The first-order chi connectivity index (χ1) is 9.96. The third-order valence-electron chi connectivity index (χ3n) is 3.82. The maximum Gasteiger partial charge on any atom is 0.278 e. The van der Waals surface area contributed by atoms with Gasteiger partial charge >= 0.3 is 0 Å². The second-order valence-electron chi connectivity index (χ2n) is 5.37. The van der Waals surface area contributed by atoms with Crippen molar-refractivity contribution >= 4 is 20.7 Å². The number of aromatic nitrogens is 3. The molecule has 21 heavy (non-hydrogen) atoms. The Morgan fingerprint density at radius 2 is 2.14 bits per heavy atom. The smallest absolute Gasteiger partial charge is 0.278 e. The summed E-state index contributed by atoms with van der Waals surface area (Å²) in [7, 11) is -1.14. The van der Waals surface area contributed by atoms with E-state index in [-0.39, 0.29) is 29.8 Å². The van der Waals surface area contributed by atoms with Crippen LogP contribution in [0, 0.1) is 0 Å². The summed E-state index contributed by atoms with van der Waals surface area (Å²) in [5.74, 6) is 0.347. The maximum atomic E-state index is 12.3. The van der Waals surface area contributed by atoms with E-state index in [9.17, 15) is 13.2 Å². The van der Waals surface area contributed by atoms with Crippen molar-refractivity contribution in [1.29, 1.82) is 0 Å². The van der Waals surface area contributed by atoms with E-state index in [0.717, 1.165) is 0 Å². The van der Waals surface area contributed by atoms with Crippen molar-refractivity contribution in [2.45, 2.75) is 19.1 Å². The van der Waals surface area contributed by atoms with E-state index in [1.165, 1.54) is 4.68 Å². The van der Waals surface area contributed by atoms with Crippen LogP contribution in [0.15, 0.2) is 29.1 Å². The molecule has 1 aromatic carbocycles. The molecule has 8 heteroatoms. The predicted octanol–water partition coefficient (Wildman–Crippen LogP) is -0.132. The van der Waals surface area contributed by atoms with Crippen molar-refractivity contribution in [1.82, 2.24) is 19.9 Å². The van der Waals surface area contributed by atoms with Crippen LogP contribution in [0.2, 0.25) is 0 Å². The Labute approximate surface area is 122 Å². The van der Waals surface area contributed by atoms with E-state index < -0.39 is 9.84 Å². The van der Waals surface area contributed by atoms with Gasteiger partial charge in [-0.05, 0) is 25.6 Å². The summed E-state index contributed by atoms with van der Waals surface area (Å²) in [5.41, 5.74) is 0.346. The average Bonchev–Trinajstić information content (AvgIpc) is 2.82. The van der Waals surface area contributed by atoms with Crippen LogP contribution in [-0.2, 0) is 16.5 Å². The zero-order chi connectivity index (χ0) is 15.0. The lowest BCUT2D eigenvalue weighted by Crippen LogP contribution is -2.38. The van der Waals surface area contributed by atoms with E-state index >= 15 is 0 Å². The van der Waals surface area contributed by atoms with E-state index in [0.29, 0.717) is 17.3 Å². The Kier molecular flexibility index (Phi) is 3.50. The lowest BCUT2D eigenvalue weighted by atomic mass is 10.2. The van der Waals surface area contributed by atoms with Gasteiger partial charge in [0.25, 0.3) is 5.56 Å². The summed E-state index contributed by atoms with van der Waals surface area (Å²) in [4.78, 5) is 14.2. The molecule has 3 rings (SSSR count). The summed E-state index contributed by atoms with van der Waals surface area (Å²) >= 11 is 0. The summed E-state index contributed by atoms with van der Waals surface area (Å²) in [6.45, 7) is 0.233. The van der Waals surface area contributed by atoms with Crippen molar-refractivity contribution in [3.05, 3.63) is 34.6 Å². The van der Waals surface area contributed by atoms with E-state index in [4.69, 9.17) is 0 Å². The van der Waals surface area contributed by atoms with Gasteiger partial charge in [0.15, 0.2) is 9.84 Å². The fraction of sp³-hybridized carbons (Fsp3) is 0.462. The molecule has 0 spiro atoms. The molecule has 112 valence electrons. The van der Waals surface area contributed by atoms with Crippen LogP contribution in [0.4, 0.5) is 0 Å². The lowest BCUT2D eigenvalue weighted by Gasteiger charge is -2.22. The Morgan fingerprint density at radius 1 is 1.38 bits per heavy atom. The fourth-order valence-corrected chi connectivity index (χ4v) is 4.37. The van der Waals surface area contributed by atoms with Crippen molar-refractivity contribution in [3.63, 3.8) is 0 Å². The average molecular weight is 308 g/mol. The zero-order valence-electron chi connectivity index (χ0n) is 11.6. The quantitative estimate of drug-likeness (QED) is 0.785.